The van der Waals surface area contributed by atoms with Gasteiger partial charge in [0.2, 0.25) is 5.88 Å². The number of fused-ring (bicyclic) bond motifs is 1. The van der Waals surface area contributed by atoms with Crippen LogP contribution >= 0.6 is 0 Å². The molecule has 152 valence electrons. The fourth-order valence-electron chi connectivity index (χ4n) is 3.69. The molecule has 4 aromatic rings. The second-order valence-corrected chi connectivity index (χ2v) is 7.37. The van der Waals surface area contributed by atoms with E-state index in [0.29, 0.717) is 5.88 Å². The zero-order valence-corrected chi connectivity index (χ0v) is 16.9. The van der Waals surface area contributed by atoms with Gasteiger partial charge in [-0.2, -0.15) is 0 Å². The molecule has 7 nitrogen and oxygen atoms in total. The normalized spacial score (nSPS) is 14.1. The molecule has 2 N–H and O–H groups in total. The number of ether oxygens (including phenoxy) is 1. The van der Waals surface area contributed by atoms with Gasteiger partial charge in [-0.05, 0) is 30.7 Å². The summed E-state index contributed by atoms with van der Waals surface area (Å²) in [6.07, 6.45) is 5.26. The van der Waals surface area contributed by atoms with Crippen molar-refractivity contribution in [2.75, 3.05) is 36.4 Å². The van der Waals surface area contributed by atoms with E-state index in [1.165, 1.54) is 5.69 Å². The van der Waals surface area contributed by atoms with Gasteiger partial charge in [0, 0.05) is 43.6 Å². The Morgan fingerprint density at radius 1 is 1.03 bits per heavy atom. The maximum atomic E-state index is 6.20. The Bertz CT molecular complexity index is 1170. The number of para-hydroxylation sites is 1. The number of rotatable bonds is 5. The van der Waals surface area contributed by atoms with Crippen molar-refractivity contribution in [3.8, 4) is 11.6 Å². The Kier molecular flexibility index (Phi) is 4.94. The summed E-state index contributed by atoms with van der Waals surface area (Å²) in [6, 6.07) is 16.3. The number of nitrogens with zero attached hydrogens (tertiary/aromatic N) is 4. The Labute approximate surface area is 175 Å². The standard InChI is InChI=1S/C23H24N6O/c1-17-5-2-3-8-20(17)27-23-21-14-25-16-29(21)22(15-26-23)30-19-7-4-6-18(13-19)28-11-9-24-10-12-28/h2-8,13-16,24H,9-12H2,1H3,(H,26,27). The van der Waals surface area contributed by atoms with Gasteiger partial charge >= 0.3 is 0 Å². The predicted octanol–water partition coefficient (Wildman–Crippen LogP) is 3.98. The predicted molar refractivity (Wildman–Crippen MR) is 119 cm³/mol. The highest BCUT2D eigenvalue weighted by Crippen LogP contribution is 2.29. The number of piperazine rings is 1. The topological polar surface area (TPSA) is 66.7 Å². The summed E-state index contributed by atoms with van der Waals surface area (Å²) in [6.45, 7) is 6.06. The average Bonchev–Trinajstić information content (AvgIpc) is 3.29. The zero-order valence-electron chi connectivity index (χ0n) is 16.9. The minimum atomic E-state index is 0.621. The van der Waals surface area contributed by atoms with Gasteiger partial charge in [0.1, 0.15) is 17.6 Å². The number of nitrogens with one attached hydrogen (secondary N) is 2. The van der Waals surface area contributed by atoms with Crippen LogP contribution in [0, 0.1) is 6.92 Å². The highest BCUT2D eigenvalue weighted by Gasteiger charge is 2.13. The van der Waals surface area contributed by atoms with Gasteiger partial charge in [0.15, 0.2) is 5.82 Å². The van der Waals surface area contributed by atoms with E-state index in [1.54, 1.807) is 18.7 Å². The largest absolute Gasteiger partial charge is 0.439 e. The Morgan fingerprint density at radius 2 is 1.90 bits per heavy atom. The number of benzene rings is 2. The molecule has 2 aromatic heterocycles. The summed E-state index contributed by atoms with van der Waals surface area (Å²) in [5, 5.41) is 6.79. The Morgan fingerprint density at radius 3 is 2.77 bits per heavy atom. The molecule has 3 heterocycles. The lowest BCUT2D eigenvalue weighted by atomic mass is 10.2. The van der Waals surface area contributed by atoms with Crippen LogP contribution in [0.2, 0.25) is 0 Å². The van der Waals surface area contributed by atoms with Crippen LogP contribution in [0.1, 0.15) is 5.56 Å². The summed E-state index contributed by atoms with van der Waals surface area (Å²) < 4.78 is 8.11. The van der Waals surface area contributed by atoms with Crippen molar-refractivity contribution in [2.45, 2.75) is 6.92 Å². The first kappa shape index (κ1) is 18.4. The zero-order chi connectivity index (χ0) is 20.3. The number of aryl methyl sites for hydroxylation is 1. The summed E-state index contributed by atoms with van der Waals surface area (Å²) in [5.41, 5.74) is 4.20. The molecular formula is C23H24N6O. The molecule has 0 radical (unpaired) electrons. The second kappa shape index (κ2) is 8.04. The monoisotopic (exact) mass is 400 g/mol. The minimum Gasteiger partial charge on any atom is -0.439 e. The van der Waals surface area contributed by atoms with Gasteiger partial charge in [0.25, 0.3) is 0 Å². The average molecular weight is 400 g/mol. The van der Waals surface area contributed by atoms with E-state index in [-0.39, 0.29) is 0 Å². The molecule has 0 bridgehead atoms. The maximum absolute atomic E-state index is 6.20. The van der Waals surface area contributed by atoms with Crippen LogP contribution in [-0.4, -0.2) is 40.5 Å². The third-order valence-electron chi connectivity index (χ3n) is 5.34. The smallest absolute Gasteiger partial charge is 0.224 e. The molecule has 0 amide bonds. The molecule has 0 aliphatic carbocycles. The van der Waals surface area contributed by atoms with Gasteiger partial charge in [0.05, 0.1) is 12.4 Å². The van der Waals surface area contributed by atoms with Crippen molar-refractivity contribution in [1.29, 1.82) is 0 Å². The van der Waals surface area contributed by atoms with Crippen molar-refractivity contribution in [2.24, 2.45) is 0 Å². The SMILES string of the molecule is Cc1ccccc1Nc1ncc(Oc2cccc(N3CCNCC3)c2)n2cncc12. The van der Waals surface area contributed by atoms with Crippen molar-refractivity contribution in [3.05, 3.63) is 72.8 Å². The third-order valence-corrected chi connectivity index (χ3v) is 5.34. The summed E-state index contributed by atoms with van der Waals surface area (Å²) in [5.74, 6) is 2.14. The van der Waals surface area contributed by atoms with E-state index < -0.39 is 0 Å². The van der Waals surface area contributed by atoms with Gasteiger partial charge in [-0.3, -0.25) is 4.40 Å². The lowest BCUT2D eigenvalue weighted by molar-refractivity contribution is 0.453. The summed E-state index contributed by atoms with van der Waals surface area (Å²) in [7, 11) is 0. The molecule has 7 heteroatoms. The van der Waals surface area contributed by atoms with Gasteiger partial charge < -0.3 is 20.3 Å². The summed E-state index contributed by atoms with van der Waals surface area (Å²) >= 11 is 0. The molecule has 0 unspecified atom stereocenters. The van der Waals surface area contributed by atoms with E-state index in [2.05, 4.69) is 50.6 Å². The number of aromatic nitrogens is 3. The first-order chi connectivity index (χ1) is 14.8. The Hall–Kier alpha value is -3.58. The maximum Gasteiger partial charge on any atom is 0.224 e. The van der Waals surface area contributed by atoms with E-state index in [0.717, 1.165) is 54.5 Å². The molecule has 1 fully saturated rings. The van der Waals surface area contributed by atoms with Crippen LogP contribution in [0.15, 0.2) is 67.3 Å². The van der Waals surface area contributed by atoms with E-state index >= 15 is 0 Å². The second-order valence-electron chi connectivity index (χ2n) is 7.37. The molecule has 1 aliphatic heterocycles. The molecule has 1 aliphatic rings. The lowest BCUT2D eigenvalue weighted by Crippen LogP contribution is -2.43. The molecule has 30 heavy (non-hydrogen) atoms. The van der Waals surface area contributed by atoms with Crippen LogP contribution < -0.4 is 20.3 Å². The van der Waals surface area contributed by atoms with Crippen LogP contribution in [-0.2, 0) is 0 Å². The van der Waals surface area contributed by atoms with E-state index in [4.69, 9.17) is 4.74 Å². The number of hydrogen-bond acceptors (Lipinski definition) is 6. The summed E-state index contributed by atoms with van der Waals surface area (Å²) in [4.78, 5) is 11.3. The third kappa shape index (κ3) is 3.67. The highest BCUT2D eigenvalue weighted by molar-refractivity contribution is 5.74. The first-order valence-corrected chi connectivity index (χ1v) is 10.2. The van der Waals surface area contributed by atoms with E-state index in [9.17, 15) is 0 Å². The fraction of sp³-hybridized carbons (Fsp3) is 0.217. The van der Waals surface area contributed by atoms with Crippen LogP contribution in [0.25, 0.3) is 5.52 Å². The molecule has 2 aromatic carbocycles. The van der Waals surface area contributed by atoms with Crippen molar-refractivity contribution >= 4 is 22.7 Å². The molecule has 0 saturated carbocycles. The Balaban J connectivity index is 1.42. The highest BCUT2D eigenvalue weighted by atomic mass is 16.5. The molecule has 0 spiro atoms. The lowest BCUT2D eigenvalue weighted by Gasteiger charge is -2.29. The molecular weight excluding hydrogens is 376 g/mol. The molecule has 1 saturated heterocycles. The number of imidazole rings is 1. The minimum absolute atomic E-state index is 0.621. The van der Waals surface area contributed by atoms with Crippen molar-refractivity contribution < 1.29 is 4.74 Å². The van der Waals surface area contributed by atoms with Crippen LogP contribution in [0.4, 0.5) is 17.2 Å². The van der Waals surface area contributed by atoms with Gasteiger partial charge in [-0.25, -0.2) is 9.97 Å². The van der Waals surface area contributed by atoms with Crippen LogP contribution in [0.5, 0.6) is 11.6 Å². The fourth-order valence-corrected chi connectivity index (χ4v) is 3.69. The first-order valence-electron chi connectivity index (χ1n) is 10.2. The molecule has 5 rings (SSSR count). The number of anilines is 3. The van der Waals surface area contributed by atoms with E-state index in [1.807, 2.05) is 34.7 Å². The van der Waals surface area contributed by atoms with Gasteiger partial charge in [-0.1, -0.05) is 24.3 Å². The number of hydrogen-bond donors (Lipinski definition) is 2. The quantitative estimate of drug-likeness (QED) is 0.528. The van der Waals surface area contributed by atoms with Crippen molar-refractivity contribution in [3.63, 3.8) is 0 Å². The van der Waals surface area contributed by atoms with Crippen molar-refractivity contribution in [1.82, 2.24) is 19.7 Å². The molecule has 0 atom stereocenters. The van der Waals surface area contributed by atoms with Gasteiger partial charge in [-0.15, -0.1) is 0 Å². The van der Waals surface area contributed by atoms with Crippen LogP contribution in [0.3, 0.4) is 0 Å².